The average molecular weight is 339 g/mol. The van der Waals surface area contributed by atoms with Gasteiger partial charge in [0.1, 0.15) is 0 Å². The lowest BCUT2D eigenvalue weighted by atomic mass is 9.49. The first-order chi connectivity index (χ1) is 10.7. The van der Waals surface area contributed by atoms with E-state index in [9.17, 15) is 4.91 Å². The Balaban J connectivity index is 1.94. The van der Waals surface area contributed by atoms with Crippen LogP contribution in [-0.4, -0.2) is 49.4 Å². The van der Waals surface area contributed by atoms with Gasteiger partial charge in [-0.05, 0) is 24.0 Å². The van der Waals surface area contributed by atoms with Gasteiger partial charge in [0.25, 0.3) is 0 Å². The SMILES string of the molecule is CB(CN=O)Cc1cc2nc(Cl)nc(N3CCOCC3)c2s1. The lowest BCUT2D eigenvalue weighted by molar-refractivity contribution is 0.122. The molecule has 3 rings (SSSR count). The maximum atomic E-state index is 10.4. The zero-order chi connectivity index (χ0) is 15.5. The highest BCUT2D eigenvalue weighted by atomic mass is 35.5. The molecule has 3 heterocycles. The van der Waals surface area contributed by atoms with Crippen LogP contribution in [0.2, 0.25) is 12.1 Å². The molecule has 0 aliphatic carbocycles. The molecule has 1 aliphatic heterocycles. The Kier molecular flexibility index (Phi) is 4.90. The molecule has 2 aromatic heterocycles. The Labute approximate surface area is 137 Å². The van der Waals surface area contributed by atoms with Crippen molar-refractivity contribution >= 4 is 45.7 Å². The topological polar surface area (TPSA) is 67.7 Å². The molecule has 0 atom stereocenters. The van der Waals surface area contributed by atoms with Gasteiger partial charge in [0.05, 0.1) is 29.9 Å². The van der Waals surface area contributed by atoms with Crippen LogP contribution in [0.4, 0.5) is 5.82 Å². The Morgan fingerprint density at radius 2 is 2.23 bits per heavy atom. The number of aromatic nitrogens is 2. The third kappa shape index (κ3) is 3.39. The van der Waals surface area contributed by atoms with Gasteiger partial charge in [-0.1, -0.05) is 12.0 Å². The van der Waals surface area contributed by atoms with Gasteiger partial charge in [-0.25, -0.2) is 4.98 Å². The molecule has 1 saturated heterocycles. The van der Waals surface area contributed by atoms with Gasteiger partial charge in [-0.3, -0.25) is 0 Å². The smallest absolute Gasteiger partial charge is 0.224 e. The summed E-state index contributed by atoms with van der Waals surface area (Å²) in [5, 5.41) is 3.24. The summed E-state index contributed by atoms with van der Waals surface area (Å²) in [6, 6.07) is 2.04. The number of halogens is 1. The van der Waals surface area contributed by atoms with E-state index >= 15 is 0 Å². The largest absolute Gasteiger partial charge is 0.378 e. The van der Waals surface area contributed by atoms with Crippen LogP contribution in [0.25, 0.3) is 10.2 Å². The molecule has 22 heavy (non-hydrogen) atoms. The fourth-order valence-corrected chi connectivity index (χ4v) is 4.01. The van der Waals surface area contributed by atoms with E-state index in [4.69, 9.17) is 16.3 Å². The van der Waals surface area contributed by atoms with Crippen molar-refractivity contribution in [1.82, 2.24) is 9.97 Å². The average Bonchev–Trinajstić information content (AvgIpc) is 2.89. The molecule has 0 radical (unpaired) electrons. The van der Waals surface area contributed by atoms with Crippen molar-refractivity contribution in [1.29, 1.82) is 0 Å². The number of hydrogen-bond acceptors (Lipinski definition) is 7. The van der Waals surface area contributed by atoms with Crippen LogP contribution < -0.4 is 4.90 Å². The van der Waals surface area contributed by atoms with E-state index in [1.807, 2.05) is 12.9 Å². The molecule has 0 amide bonds. The highest BCUT2D eigenvalue weighted by molar-refractivity contribution is 7.19. The van der Waals surface area contributed by atoms with Gasteiger partial charge in [0, 0.05) is 18.0 Å². The van der Waals surface area contributed by atoms with E-state index in [2.05, 4.69) is 20.0 Å². The van der Waals surface area contributed by atoms with Gasteiger partial charge in [0.2, 0.25) is 5.28 Å². The van der Waals surface area contributed by atoms with Crippen molar-refractivity contribution in [2.24, 2.45) is 5.18 Å². The molecule has 1 aliphatic rings. The number of nitrogens with zero attached hydrogens (tertiary/aromatic N) is 4. The van der Waals surface area contributed by atoms with E-state index in [-0.39, 0.29) is 12.0 Å². The number of hydrogen-bond donors (Lipinski definition) is 0. The molecule has 0 saturated carbocycles. The monoisotopic (exact) mass is 338 g/mol. The molecular formula is C13H16BClN4O2S. The number of ether oxygens (including phenoxy) is 1. The van der Waals surface area contributed by atoms with Gasteiger partial charge in [-0.2, -0.15) is 9.89 Å². The number of anilines is 1. The van der Waals surface area contributed by atoms with Crippen LogP contribution in [0.5, 0.6) is 0 Å². The van der Waals surface area contributed by atoms with Crippen molar-refractivity contribution in [3.8, 4) is 0 Å². The zero-order valence-corrected chi connectivity index (χ0v) is 13.9. The number of nitroso groups, excluding NO2 is 1. The minimum Gasteiger partial charge on any atom is -0.378 e. The standard InChI is InChI=1S/C13H16BClN4O2S/c1-14(8-16-20)7-9-6-10-11(22-9)12(18-13(15)17-10)19-2-4-21-5-3-19/h6H,2-5,7-8H2,1H3. The molecule has 0 spiro atoms. The van der Waals surface area contributed by atoms with Gasteiger partial charge < -0.3 is 9.64 Å². The quantitative estimate of drug-likeness (QED) is 0.476. The summed E-state index contributed by atoms with van der Waals surface area (Å²) in [7, 11) is 0. The highest BCUT2D eigenvalue weighted by Crippen LogP contribution is 2.33. The summed E-state index contributed by atoms with van der Waals surface area (Å²) in [6.07, 6.45) is 1.14. The summed E-state index contributed by atoms with van der Waals surface area (Å²) in [5.41, 5.74) is 0.868. The zero-order valence-electron chi connectivity index (χ0n) is 12.3. The van der Waals surface area contributed by atoms with E-state index in [0.29, 0.717) is 19.7 Å². The molecule has 116 valence electrons. The molecule has 0 N–H and O–H groups in total. The minimum absolute atomic E-state index is 0.223. The van der Waals surface area contributed by atoms with E-state index in [0.717, 1.165) is 35.4 Å². The molecule has 0 unspecified atom stereocenters. The molecule has 2 aromatic rings. The second-order valence-electron chi connectivity index (χ2n) is 5.46. The van der Waals surface area contributed by atoms with Crippen molar-refractivity contribution in [2.75, 3.05) is 37.6 Å². The van der Waals surface area contributed by atoms with Crippen molar-refractivity contribution in [3.05, 3.63) is 21.1 Å². The van der Waals surface area contributed by atoms with E-state index in [1.54, 1.807) is 11.3 Å². The second kappa shape index (κ2) is 6.89. The first-order valence-corrected chi connectivity index (χ1v) is 8.44. The first kappa shape index (κ1) is 15.6. The van der Waals surface area contributed by atoms with Crippen molar-refractivity contribution in [3.63, 3.8) is 0 Å². The van der Waals surface area contributed by atoms with Crippen molar-refractivity contribution in [2.45, 2.75) is 13.1 Å². The van der Waals surface area contributed by atoms with Crippen LogP contribution in [-0.2, 0) is 11.1 Å². The lowest BCUT2D eigenvalue weighted by Gasteiger charge is -2.28. The highest BCUT2D eigenvalue weighted by Gasteiger charge is 2.20. The Morgan fingerprint density at radius 1 is 1.45 bits per heavy atom. The Hall–Kier alpha value is -1.25. The molecule has 0 bridgehead atoms. The van der Waals surface area contributed by atoms with Crippen LogP contribution >= 0.6 is 22.9 Å². The number of morpholine rings is 1. The van der Waals surface area contributed by atoms with Crippen LogP contribution in [0, 0.1) is 4.91 Å². The Morgan fingerprint density at radius 3 is 2.95 bits per heavy atom. The number of thiophene rings is 1. The van der Waals surface area contributed by atoms with Crippen LogP contribution in [0.1, 0.15) is 4.88 Å². The van der Waals surface area contributed by atoms with E-state index < -0.39 is 0 Å². The van der Waals surface area contributed by atoms with Crippen LogP contribution in [0.3, 0.4) is 0 Å². The fraction of sp³-hybridized carbons (Fsp3) is 0.538. The summed E-state index contributed by atoms with van der Waals surface area (Å²) >= 11 is 7.75. The van der Waals surface area contributed by atoms with Gasteiger partial charge in [-0.15, -0.1) is 11.3 Å². The van der Waals surface area contributed by atoms with Crippen molar-refractivity contribution < 1.29 is 4.74 Å². The predicted octanol–water partition coefficient (Wildman–Crippen LogP) is 2.69. The number of rotatable bonds is 5. The van der Waals surface area contributed by atoms with Gasteiger partial charge >= 0.3 is 0 Å². The predicted molar refractivity (Wildman–Crippen MR) is 91.4 cm³/mol. The summed E-state index contributed by atoms with van der Waals surface area (Å²) in [4.78, 5) is 22.5. The van der Waals surface area contributed by atoms with Gasteiger partial charge in [0.15, 0.2) is 12.5 Å². The molecule has 6 nitrogen and oxygen atoms in total. The summed E-state index contributed by atoms with van der Waals surface area (Å²) in [6.45, 7) is 5.25. The maximum Gasteiger partial charge on any atom is 0.224 e. The third-order valence-corrected chi connectivity index (χ3v) is 4.94. The summed E-state index contributed by atoms with van der Waals surface area (Å²) in [5.74, 6) is 0.885. The Bertz CT molecular complexity index is 677. The third-order valence-electron chi connectivity index (χ3n) is 3.62. The fourth-order valence-electron chi connectivity index (χ4n) is 2.56. The summed E-state index contributed by atoms with van der Waals surface area (Å²) < 4.78 is 6.44. The lowest BCUT2D eigenvalue weighted by Crippen LogP contribution is -2.36. The normalized spacial score (nSPS) is 15.3. The number of fused-ring (bicyclic) bond motifs is 1. The second-order valence-corrected chi connectivity index (χ2v) is 6.94. The minimum atomic E-state index is 0.223. The molecule has 0 aromatic carbocycles. The maximum absolute atomic E-state index is 10.4. The van der Waals surface area contributed by atoms with Crippen LogP contribution in [0.15, 0.2) is 11.2 Å². The first-order valence-electron chi connectivity index (χ1n) is 7.25. The molecule has 9 heteroatoms. The molecule has 1 fully saturated rings. The van der Waals surface area contributed by atoms with E-state index in [1.165, 1.54) is 4.88 Å². The molecular weight excluding hydrogens is 323 g/mol.